The minimum Gasteiger partial charge on any atom is -0.314 e. The zero-order valence-electron chi connectivity index (χ0n) is 8.52. The highest BCUT2D eigenvalue weighted by atomic mass is 16.1. The van der Waals surface area contributed by atoms with Crippen molar-refractivity contribution < 1.29 is 4.79 Å². The van der Waals surface area contributed by atoms with E-state index < -0.39 is 0 Å². The lowest BCUT2D eigenvalue weighted by Gasteiger charge is -2.09. The molecule has 1 atom stereocenters. The van der Waals surface area contributed by atoms with E-state index in [1.165, 1.54) is 0 Å². The van der Waals surface area contributed by atoms with Crippen molar-refractivity contribution >= 4 is 5.78 Å². The molecule has 0 radical (unpaired) electrons. The van der Waals surface area contributed by atoms with E-state index in [1.54, 1.807) is 0 Å². The van der Waals surface area contributed by atoms with E-state index in [0.29, 0.717) is 18.2 Å². The highest BCUT2D eigenvalue weighted by Gasteiger charge is 2.01. The van der Waals surface area contributed by atoms with Gasteiger partial charge in [-0.1, -0.05) is 13.8 Å². The fourth-order valence-electron chi connectivity index (χ4n) is 1.01. The fourth-order valence-corrected chi connectivity index (χ4v) is 1.01. The van der Waals surface area contributed by atoms with E-state index in [-0.39, 0.29) is 0 Å². The van der Waals surface area contributed by atoms with Crippen LogP contribution in [-0.4, -0.2) is 18.4 Å². The summed E-state index contributed by atoms with van der Waals surface area (Å²) in [4.78, 5) is 11.1. The molecule has 0 aliphatic rings. The maximum absolute atomic E-state index is 11.1. The summed E-state index contributed by atoms with van der Waals surface area (Å²) < 4.78 is 0. The van der Waals surface area contributed by atoms with E-state index in [1.807, 2.05) is 6.92 Å². The van der Waals surface area contributed by atoms with Crippen LogP contribution in [0.15, 0.2) is 0 Å². The van der Waals surface area contributed by atoms with Gasteiger partial charge in [0.15, 0.2) is 0 Å². The number of rotatable bonds is 7. The summed E-state index contributed by atoms with van der Waals surface area (Å²) in [5.74, 6) is 0.383. The van der Waals surface area contributed by atoms with Gasteiger partial charge < -0.3 is 5.32 Å². The van der Waals surface area contributed by atoms with Crippen molar-refractivity contribution in [1.29, 1.82) is 0 Å². The van der Waals surface area contributed by atoms with Crippen molar-refractivity contribution in [2.45, 2.75) is 52.5 Å². The molecule has 1 N–H and O–H groups in total. The summed E-state index contributed by atoms with van der Waals surface area (Å²) in [6.45, 7) is 7.17. The minimum absolute atomic E-state index is 0.383. The van der Waals surface area contributed by atoms with E-state index >= 15 is 0 Å². The molecular weight excluding hydrogens is 150 g/mol. The predicted octanol–water partition coefficient (Wildman–Crippen LogP) is 2.13. The Morgan fingerprint density at radius 2 is 2.00 bits per heavy atom. The number of Topliss-reactive ketones (excluding diaryl/α,β-unsaturated/α-hetero) is 1. The lowest BCUT2D eigenvalue weighted by Crippen LogP contribution is -2.27. The van der Waals surface area contributed by atoms with Crippen LogP contribution in [0, 0.1) is 0 Å². The Hall–Kier alpha value is -0.370. The topological polar surface area (TPSA) is 29.1 Å². The van der Waals surface area contributed by atoms with Gasteiger partial charge >= 0.3 is 0 Å². The number of nitrogens with one attached hydrogen (secondary N) is 1. The van der Waals surface area contributed by atoms with Crippen molar-refractivity contribution in [2.75, 3.05) is 6.54 Å². The molecule has 1 unspecified atom stereocenters. The quantitative estimate of drug-likeness (QED) is 0.636. The van der Waals surface area contributed by atoms with Gasteiger partial charge in [-0.25, -0.2) is 0 Å². The first-order valence-corrected chi connectivity index (χ1v) is 4.95. The average Bonchev–Trinajstić information content (AvgIpc) is 2.04. The van der Waals surface area contributed by atoms with Gasteiger partial charge in [0.05, 0.1) is 0 Å². The summed E-state index contributed by atoms with van der Waals surface area (Å²) in [7, 11) is 0. The van der Waals surface area contributed by atoms with Crippen molar-refractivity contribution in [3.05, 3.63) is 0 Å². The van der Waals surface area contributed by atoms with Gasteiger partial charge in [0.25, 0.3) is 0 Å². The molecular formula is C10H21NO. The minimum atomic E-state index is 0.383. The number of hydrogen-bond acceptors (Lipinski definition) is 2. The molecule has 2 nitrogen and oxygen atoms in total. The molecule has 0 saturated heterocycles. The molecule has 0 amide bonds. The van der Waals surface area contributed by atoms with Crippen molar-refractivity contribution in [2.24, 2.45) is 0 Å². The second-order valence-electron chi connectivity index (χ2n) is 3.30. The van der Waals surface area contributed by atoms with E-state index in [9.17, 15) is 4.79 Å². The monoisotopic (exact) mass is 171 g/mol. The van der Waals surface area contributed by atoms with Crippen LogP contribution in [-0.2, 0) is 4.79 Å². The smallest absolute Gasteiger partial charge is 0.134 e. The van der Waals surface area contributed by atoms with Gasteiger partial charge in [-0.2, -0.15) is 0 Å². The van der Waals surface area contributed by atoms with Crippen LogP contribution in [0.25, 0.3) is 0 Å². The highest BCUT2D eigenvalue weighted by Crippen LogP contribution is 1.94. The first-order valence-electron chi connectivity index (χ1n) is 4.95. The fraction of sp³-hybridized carbons (Fsp3) is 0.900. The summed E-state index contributed by atoms with van der Waals surface area (Å²) >= 11 is 0. The molecule has 0 rings (SSSR count). The zero-order valence-corrected chi connectivity index (χ0v) is 8.52. The molecule has 12 heavy (non-hydrogen) atoms. The molecule has 0 fully saturated rings. The molecule has 0 saturated carbocycles. The Labute approximate surface area is 75.7 Å². The maximum atomic E-state index is 11.1. The third-order valence-corrected chi connectivity index (χ3v) is 2.04. The number of hydrogen-bond donors (Lipinski definition) is 1. The molecule has 0 aliphatic carbocycles. The van der Waals surface area contributed by atoms with Crippen molar-refractivity contribution in [3.63, 3.8) is 0 Å². The van der Waals surface area contributed by atoms with Crippen LogP contribution in [0.4, 0.5) is 0 Å². The maximum Gasteiger partial charge on any atom is 0.134 e. The van der Waals surface area contributed by atoms with Crippen molar-refractivity contribution in [1.82, 2.24) is 5.32 Å². The van der Waals surface area contributed by atoms with Gasteiger partial charge in [-0.15, -0.1) is 0 Å². The molecule has 0 bridgehead atoms. The first-order chi connectivity index (χ1) is 5.70. The van der Waals surface area contributed by atoms with Gasteiger partial charge in [0, 0.05) is 25.4 Å². The molecule has 0 heterocycles. The molecule has 0 aromatic heterocycles. The number of ketones is 1. The molecule has 72 valence electrons. The zero-order chi connectivity index (χ0) is 9.40. The molecule has 0 aromatic carbocycles. The lowest BCUT2D eigenvalue weighted by molar-refractivity contribution is -0.119. The van der Waals surface area contributed by atoms with Crippen molar-refractivity contribution in [3.8, 4) is 0 Å². The second kappa shape index (κ2) is 7.29. The van der Waals surface area contributed by atoms with Crippen LogP contribution in [0.2, 0.25) is 0 Å². The Bertz CT molecular complexity index is 123. The Balaban J connectivity index is 3.24. The third kappa shape index (κ3) is 6.35. The summed E-state index contributed by atoms with van der Waals surface area (Å²) in [5.41, 5.74) is 0. The van der Waals surface area contributed by atoms with Gasteiger partial charge in [-0.05, 0) is 19.8 Å². The lowest BCUT2D eigenvalue weighted by atomic mass is 10.1. The van der Waals surface area contributed by atoms with E-state index in [0.717, 1.165) is 25.8 Å². The molecule has 0 spiro atoms. The van der Waals surface area contributed by atoms with E-state index in [2.05, 4.69) is 19.2 Å². The molecule has 2 heteroatoms. The third-order valence-electron chi connectivity index (χ3n) is 2.04. The Morgan fingerprint density at radius 3 is 2.50 bits per heavy atom. The van der Waals surface area contributed by atoms with E-state index in [4.69, 9.17) is 0 Å². The standard InChI is InChI=1S/C10H21NO/c1-4-6-10(12)7-8-11-9(3)5-2/h9,11H,4-8H2,1-3H3. The van der Waals surface area contributed by atoms with Crippen LogP contribution in [0.1, 0.15) is 46.5 Å². The first kappa shape index (κ1) is 11.6. The Morgan fingerprint density at radius 1 is 1.33 bits per heavy atom. The predicted molar refractivity (Wildman–Crippen MR) is 52.3 cm³/mol. The SMILES string of the molecule is CCCC(=O)CCNC(C)CC. The van der Waals surface area contributed by atoms with Crippen LogP contribution < -0.4 is 5.32 Å². The number of carbonyl (C=O) groups is 1. The Kier molecular flexibility index (Phi) is 7.06. The normalized spacial score (nSPS) is 12.9. The second-order valence-corrected chi connectivity index (χ2v) is 3.30. The number of carbonyl (C=O) groups excluding carboxylic acids is 1. The van der Waals surface area contributed by atoms with Gasteiger partial charge in [0.2, 0.25) is 0 Å². The summed E-state index contributed by atoms with van der Waals surface area (Å²) in [5, 5.41) is 3.30. The largest absolute Gasteiger partial charge is 0.314 e. The highest BCUT2D eigenvalue weighted by molar-refractivity contribution is 5.78. The van der Waals surface area contributed by atoms with Gasteiger partial charge in [0.1, 0.15) is 5.78 Å². The summed E-state index contributed by atoms with van der Waals surface area (Å²) in [6, 6.07) is 0.541. The molecule has 0 aliphatic heterocycles. The molecule has 0 aromatic rings. The van der Waals surface area contributed by atoms with Crippen LogP contribution >= 0.6 is 0 Å². The van der Waals surface area contributed by atoms with Crippen LogP contribution in [0.5, 0.6) is 0 Å². The van der Waals surface area contributed by atoms with Gasteiger partial charge in [-0.3, -0.25) is 4.79 Å². The average molecular weight is 171 g/mol. The summed E-state index contributed by atoms with van der Waals surface area (Å²) in [6.07, 6.45) is 3.53. The van der Waals surface area contributed by atoms with Crippen LogP contribution in [0.3, 0.4) is 0 Å².